The molecule has 0 spiro atoms. The van der Waals surface area contributed by atoms with Crippen molar-refractivity contribution in [3.8, 4) is 0 Å². The molecular weight excluding hydrogens is 319 g/mol. The van der Waals surface area contributed by atoms with Gasteiger partial charge in [-0.25, -0.2) is 9.18 Å². The third kappa shape index (κ3) is 4.26. The molecule has 0 aliphatic carbocycles. The molecule has 0 N–H and O–H groups in total. The first-order valence-electron chi connectivity index (χ1n) is 8.53. The van der Waals surface area contributed by atoms with Crippen LogP contribution in [0.4, 0.5) is 14.9 Å². The number of nitrogens with zero attached hydrogens (tertiary/aromatic N) is 4. The molecular formula is C19H23FN4O. The number of carbonyl (C=O) groups is 1. The molecule has 2 amide bonds. The minimum absolute atomic E-state index is 0.0299. The van der Waals surface area contributed by atoms with Gasteiger partial charge in [-0.1, -0.05) is 12.1 Å². The Bertz CT molecular complexity index is 702. The van der Waals surface area contributed by atoms with Gasteiger partial charge in [0.25, 0.3) is 0 Å². The summed E-state index contributed by atoms with van der Waals surface area (Å²) in [5, 5.41) is 0. The predicted octanol–water partition coefficient (Wildman–Crippen LogP) is 2.64. The van der Waals surface area contributed by atoms with Gasteiger partial charge in [-0.2, -0.15) is 0 Å². The molecule has 1 fully saturated rings. The second-order valence-corrected chi connectivity index (χ2v) is 6.24. The Labute approximate surface area is 147 Å². The lowest BCUT2D eigenvalue weighted by molar-refractivity contribution is 0.160. The quantitative estimate of drug-likeness (QED) is 0.858. The van der Waals surface area contributed by atoms with Crippen LogP contribution in [0.25, 0.3) is 0 Å². The van der Waals surface area contributed by atoms with Crippen LogP contribution in [0.2, 0.25) is 0 Å². The molecule has 0 unspecified atom stereocenters. The fourth-order valence-corrected chi connectivity index (χ4v) is 3.03. The molecule has 1 aromatic carbocycles. The van der Waals surface area contributed by atoms with E-state index in [-0.39, 0.29) is 11.8 Å². The highest BCUT2D eigenvalue weighted by Crippen LogP contribution is 2.20. The monoisotopic (exact) mass is 342 g/mol. The summed E-state index contributed by atoms with van der Waals surface area (Å²) < 4.78 is 13.9. The Balaban J connectivity index is 1.50. The van der Waals surface area contributed by atoms with Crippen molar-refractivity contribution < 1.29 is 9.18 Å². The van der Waals surface area contributed by atoms with Crippen molar-refractivity contribution in [2.45, 2.75) is 6.42 Å². The molecule has 5 nitrogen and oxygen atoms in total. The van der Waals surface area contributed by atoms with Crippen molar-refractivity contribution in [3.63, 3.8) is 0 Å². The number of halogens is 1. The Morgan fingerprint density at radius 3 is 2.48 bits per heavy atom. The van der Waals surface area contributed by atoms with Gasteiger partial charge in [0.2, 0.25) is 0 Å². The van der Waals surface area contributed by atoms with Crippen LogP contribution in [0.5, 0.6) is 0 Å². The highest BCUT2D eigenvalue weighted by molar-refractivity contribution is 5.74. The van der Waals surface area contributed by atoms with Crippen molar-refractivity contribution in [1.29, 1.82) is 0 Å². The summed E-state index contributed by atoms with van der Waals surface area (Å²) in [5.41, 5.74) is 1.78. The van der Waals surface area contributed by atoms with Gasteiger partial charge in [0, 0.05) is 52.2 Å². The molecule has 0 radical (unpaired) electrons. The Hall–Kier alpha value is -2.63. The first-order valence-corrected chi connectivity index (χ1v) is 8.53. The molecule has 25 heavy (non-hydrogen) atoms. The zero-order valence-corrected chi connectivity index (χ0v) is 14.4. The van der Waals surface area contributed by atoms with Gasteiger partial charge < -0.3 is 14.7 Å². The first-order chi connectivity index (χ1) is 12.1. The average molecular weight is 342 g/mol. The highest BCUT2D eigenvalue weighted by Gasteiger charge is 2.24. The maximum absolute atomic E-state index is 13.9. The molecule has 1 aliphatic heterocycles. The van der Waals surface area contributed by atoms with E-state index < -0.39 is 0 Å². The number of likely N-dealkylation sites (N-methyl/N-ethyl adjacent to an activating group) is 1. The van der Waals surface area contributed by atoms with Crippen LogP contribution in [0.1, 0.15) is 5.56 Å². The zero-order chi connectivity index (χ0) is 17.6. The molecule has 3 rings (SSSR count). The zero-order valence-electron chi connectivity index (χ0n) is 14.4. The van der Waals surface area contributed by atoms with Gasteiger partial charge in [-0.15, -0.1) is 0 Å². The van der Waals surface area contributed by atoms with Gasteiger partial charge in [0.05, 0.1) is 5.69 Å². The van der Waals surface area contributed by atoms with Gasteiger partial charge >= 0.3 is 6.03 Å². The standard InChI is InChI=1S/C19H23FN4O/c1-22(11-8-16-6-9-21-10-7-16)19(25)24-14-12-23(13-15-24)18-5-3-2-4-17(18)20/h2-7,9-10H,8,11-15H2,1H3. The number of piperazine rings is 1. The minimum Gasteiger partial charge on any atom is -0.366 e. The molecule has 0 bridgehead atoms. The van der Waals surface area contributed by atoms with Crippen molar-refractivity contribution in [3.05, 3.63) is 60.2 Å². The number of rotatable bonds is 4. The molecule has 2 heterocycles. The Kier molecular flexibility index (Phi) is 5.48. The van der Waals surface area contributed by atoms with Crippen LogP contribution in [0, 0.1) is 5.82 Å². The lowest BCUT2D eigenvalue weighted by atomic mass is 10.2. The Morgan fingerprint density at radius 2 is 1.80 bits per heavy atom. The van der Waals surface area contributed by atoms with E-state index in [0.717, 1.165) is 6.42 Å². The van der Waals surface area contributed by atoms with E-state index >= 15 is 0 Å². The molecule has 0 atom stereocenters. The summed E-state index contributed by atoms with van der Waals surface area (Å²) in [5.74, 6) is -0.211. The Morgan fingerprint density at radius 1 is 1.12 bits per heavy atom. The summed E-state index contributed by atoms with van der Waals surface area (Å²) >= 11 is 0. The topological polar surface area (TPSA) is 39.7 Å². The van der Waals surface area contributed by atoms with E-state index in [1.165, 1.54) is 11.6 Å². The number of para-hydroxylation sites is 1. The van der Waals surface area contributed by atoms with Crippen LogP contribution in [-0.2, 0) is 6.42 Å². The number of carbonyl (C=O) groups excluding carboxylic acids is 1. The molecule has 1 aliphatic rings. The van der Waals surface area contributed by atoms with Crippen molar-refractivity contribution in [2.75, 3.05) is 44.7 Å². The van der Waals surface area contributed by atoms with Crippen molar-refractivity contribution in [1.82, 2.24) is 14.8 Å². The number of hydrogen-bond donors (Lipinski definition) is 0. The third-order valence-electron chi connectivity index (χ3n) is 4.56. The fraction of sp³-hybridized carbons (Fsp3) is 0.368. The number of urea groups is 1. The number of anilines is 1. The normalized spacial score (nSPS) is 14.5. The maximum Gasteiger partial charge on any atom is 0.319 e. The second-order valence-electron chi connectivity index (χ2n) is 6.24. The van der Waals surface area contributed by atoms with Crippen LogP contribution >= 0.6 is 0 Å². The third-order valence-corrected chi connectivity index (χ3v) is 4.56. The smallest absolute Gasteiger partial charge is 0.319 e. The van der Waals surface area contributed by atoms with E-state index in [0.29, 0.717) is 38.4 Å². The van der Waals surface area contributed by atoms with Gasteiger partial charge in [-0.05, 0) is 36.2 Å². The van der Waals surface area contributed by atoms with Crippen LogP contribution < -0.4 is 4.90 Å². The second kappa shape index (κ2) is 7.96. The SMILES string of the molecule is CN(CCc1ccncc1)C(=O)N1CCN(c2ccccc2F)CC1. The molecule has 132 valence electrons. The van der Waals surface area contributed by atoms with Crippen LogP contribution in [-0.4, -0.2) is 60.6 Å². The summed E-state index contributed by atoms with van der Waals surface area (Å²) in [4.78, 5) is 22.2. The molecule has 0 saturated carbocycles. The predicted molar refractivity (Wildman–Crippen MR) is 96.2 cm³/mol. The van der Waals surface area contributed by atoms with Crippen molar-refractivity contribution in [2.24, 2.45) is 0 Å². The molecule has 2 aromatic rings. The lowest BCUT2D eigenvalue weighted by Gasteiger charge is -2.37. The number of benzene rings is 1. The van der Waals surface area contributed by atoms with E-state index in [2.05, 4.69) is 4.98 Å². The largest absolute Gasteiger partial charge is 0.366 e. The first kappa shape index (κ1) is 17.2. The summed E-state index contributed by atoms with van der Waals surface area (Å²) in [7, 11) is 1.83. The molecule has 1 saturated heterocycles. The fourth-order valence-electron chi connectivity index (χ4n) is 3.03. The number of hydrogen-bond acceptors (Lipinski definition) is 3. The van der Waals surface area contributed by atoms with Gasteiger partial charge in [-0.3, -0.25) is 4.98 Å². The summed E-state index contributed by atoms with van der Waals surface area (Å²) in [6.45, 7) is 3.16. The highest BCUT2D eigenvalue weighted by atomic mass is 19.1. The average Bonchev–Trinajstić information content (AvgIpc) is 2.67. The number of amides is 2. The number of pyridine rings is 1. The van der Waals surface area contributed by atoms with E-state index in [9.17, 15) is 9.18 Å². The maximum atomic E-state index is 13.9. The molecule has 1 aromatic heterocycles. The van der Waals surface area contributed by atoms with Gasteiger partial charge in [0.1, 0.15) is 5.82 Å². The van der Waals surface area contributed by atoms with E-state index in [4.69, 9.17) is 0 Å². The van der Waals surface area contributed by atoms with Crippen LogP contribution in [0.15, 0.2) is 48.8 Å². The van der Waals surface area contributed by atoms with E-state index in [1.54, 1.807) is 29.4 Å². The molecule has 6 heteroatoms. The summed E-state index contributed by atoms with van der Waals surface area (Å²) in [6, 6.07) is 10.7. The number of aromatic nitrogens is 1. The van der Waals surface area contributed by atoms with Crippen LogP contribution in [0.3, 0.4) is 0 Å². The van der Waals surface area contributed by atoms with Gasteiger partial charge in [0.15, 0.2) is 0 Å². The summed E-state index contributed by atoms with van der Waals surface area (Å²) in [6.07, 6.45) is 4.33. The van der Waals surface area contributed by atoms with Crippen molar-refractivity contribution >= 4 is 11.7 Å². The lowest BCUT2D eigenvalue weighted by Crippen LogP contribution is -2.52. The van der Waals surface area contributed by atoms with E-state index in [1.807, 2.05) is 35.0 Å². The minimum atomic E-state index is -0.211.